The third-order valence-electron chi connectivity index (χ3n) is 2.41. The Morgan fingerprint density at radius 1 is 1.32 bits per heavy atom. The number of halogens is 4. The molecule has 0 aliphatic rings. The fourth-order valence-electron chi connectivity index (χ4n) is 1.30. The van der Waals surface area contributed by atoms with E-state index in [1.54, 1.807) is 7.05 Å². The summed E-state index contributed by atoms with van der Waals surface area (Å²) in [6, 6.07) is -0.352. The van der Waals surface area contributed by atoms with E-state index in [1.807, 2.05) is 0 Å². The lowest BCUT2D eigenvalue weighted by Crippen LogP contribution is -2.36. The van der Waals surface area contributed by atoms with Crippen molar-refractivity contribution in [1.29, 1.82) is 0 Å². The molecule has 0 spiro atoms. The van der Waals surface area contributed by atoms with Gasteiger partial charge in [-0.1, -0.05) is 0 Å². The van der Waals surface area contributed by atoms with Crippen LogP contribution in [0, 0.1) is 0 Å². The maximum atomic E-state index is 12.5. The van der Waals surface area contributed by atoms with E-state index in [0.29, 0.717) is 12.8 Å². The second-order valence-corrected chi connectivity index (χ2v) is 6.59. The number of nitrogens with one attached hydrogen (secondary N) is 1. The molecule has 0 bridgehead atoms. The quantitative estimate of drug-likeness (QED) is 0.618. The molecule has 116 valence electrons. The Bertz CT molecular complexity index is 349. The minimum Gasteiger partial charge on any atom is -0.373 e. The molecule has 19 heavy (non-hydrogen) atoms. The molecule has 0 rings (SSSR count). The number of alkyl halides is 4. The van der Waals surface area contributed by atoms with Crippen molar-refractivity contribution >= 4 is 9.84 Å². The van der Waals surface area contributed by atoms with Gasteiger partial charge in [-0.2, -0.15) is 8.78 Å². The largest absolute Gasteiger partial charge is 0.373 e. The van der Waals surface area contributed by atoms with Gasteiger partial charge in [-0.05, 0) is 19.9 Å². The lowest BCUT2D eigenvalue weighted by Gasteiger charge is -2.19. The maximum Gasteiger partial charge on any atom is 0.330 e. The monoisotopic (exact) mass is 309 g/mol. The lowest BCUT2D eigenvalue weighted by atomic mass is 10.2. The van der Waals surface area contributed by atoms with E-state index >= 15 is 0 Å². The third-order valence-corrected chi connectivity index (χ3v) is 3.44. The first-order valence-electron chi connectivity index (χ1n) is 5.67. The van der Waals surface area contributed by atoms with Crippen molar-refractivity contribution in [3.63, 3.8) is 0 Å². The molecular weight excluding hydrogens is 290 g/mol. The number of hydrogen-bond acceptors (Lipinski definition) is 4. The summed E-state index contributed by atoms with van der Waals surface area (Å²) in [5.74, 6) is -4.18. The summed E-state index contributed by atoms with van der Waals surface area (Å²) >= 11 is 0. The number of rotatable bonds is 10. The summed E-state index contributed by atoms with van der Waals surface area (Å²) in [6.45, 7) is -1.53. The van der Waals surface area contributed by atoms with Crippen LogP contribution in [-0.2, 0) is 14.6 Å². The van der Waals surface area contributed by atoms with Gasteiger partial charge in [0, 0.05) is 18.1 Å². The summed E-state index contributed by atoms with van der Waals surface area (Å²) in [5.41, 5.74) is 0. The van der Waals surface area contributed by atoms with Crippen LogP contribution in [0.3, 0.4) is 0 Å². The second-order valence-electron chi connectivity index (χ2n) is 4.33. The van der Waals surface area contributed by atoms with Crippen molar-refractivity contribution in [2.24, 2.45) is 0 Å². The Hall–Kier alpha value is -0.410. The van der Waals surface area contributed by atoms with Crippen molar-refractivity contribution in [3.05, 3.63) is 0 Å². The molecule has 1 atom stereocenters. The minimum absolute atomic E-state index is 0.0155. The second kappa shape index (κ2) is 8.01. The molecule has 4 nitrogen and oxygen atoms in total. The van der Waals surface area contributed by atoms with Gasteiger partial charge in [0.25, 0.3) is 0 Å². The van der Waals surface area contributed by atoms with Gasteiger partial charge in [-0.25, -0.2) is 17.2 Å². The fourth-order valence-corrected chi connectivity index (χ4v) is 1.99. The van der Waals surface area contributed by atoms with Crippen LogP contribution in [0.1, 0.15) is 12.8 Å². The molecule has 0 heterocycles. The number of sulfone groups is 1. The van der Waals surface area contributed by atoms with Crippen LogP contribution in [-0.4, -0.2) is 59.1 Å². The van der Waals surface area contributed by atoms with E-state index in [9.17, 15) is 26.0 Å². The van der Waals surface area contributed by atoms with Crippen LogP contribution in [0.4, 0.5) is 17.6 Å². The Morgan fingerprint density at radius 2 is 1.89 bits per heavy atom. The van der Waals surface area contributed by atoms with E-state index in [-0.39, 0.29) is 18.4 Å². The molecule has 1 unspecified atom stereocenters. The van der Waals surface area contributed by atoms with Gasteiger partial charge < -0.3 is 10.1 Å². The molecule has 0 amide bonds. The maximum absolute atomic E-state index is 12.5. The van der Waals surface area contributed by atoms with Crippen LogP contribution in [0.5, 0.6) is 0 Å². The van der Waals surface area contributed by atoms with E-state index in [0.717, 1.165) is 6.26 Å². The average Bonchev–Trinajstić information content (AvgIpc) is 2.25. The molecule has 0 aliphatic heterocycles. The summed E-state index contributed by atoms with van der Waals surface area (Å²) < 4.78 is 75.1. The van der Waals surface area contributed by atoms with Gasteiger partial charge in [0.2, 0.25) is 0 Å². The Kier molecular flexibility index (Phi) is 7.83. The molecule has 0 saturated heterocycles. The van der Waals surface area contributed by atoms with Gasteiger partial charge >= 0.3 is 12.3 Å². The van der Waals surface area contributed by atoms with E-state index in [4.69, 9.17) is 0 Å². The molecular formula is C10H19F4NO3S. The van der Waals surface area contributed by atoms with Gasteiger partial charge in [-0.3, -0.25) is 0 Å². The van der Waals surface area contributed by atoms with Gasteiger partial charge in [-0.15, -0.1) is 0 Å². The average molecular weight is 309 g/mol. The van der Waals surface area contributed by atoms with Crippen molar-refractivity contribution < 1.29 is 30.7 Å². The van der Waals surface area contributed by atoms with E-state index in [2.05, 4.69) is 10.1 Å². The predicted molar refractivity (Wildman–Crippen MR) is 63.6 cm³/mol. The van der Waals surface area contributed by atoms with E-state index in [1.165, 1.54) is 0 Å². The van der Waals surface area contributed by atoms with Gasteiger partial charge in [0.15, 0.2) is 0 Å². The van der Waals surface area contributed by atoms with Crippen molar-refractivity contribution in [3.8, 4) is 0 Å². The fraction of sp³-hybridized carbons (Fsp3) is 1.00. The van der Waals surface area contributed by atoms with Gasteiger partial charge in [0.1, 0.15) is 16.4 Å². The Labute approximate surface area is 110 Å². The smallest absolute Gasteiger partial charge is 0.330 e. The zero-order chi connectivity index (χ0) is 15.1. The standard InChI is InChI=1S/C10H19F4NO3S/c1-15-8(4-3-5-19(2,16)17)6-18-7-10(13,14)9(11)12/h8-9,15H,3-7H2,1-2H3. The highest BCUT2D eigenvalue weighted by Gasteiger charge is 2.41. The zero-order valence-electron chi connectivity index (χ0n) is 10.8. The summed E-state index contributed by atoms with van der Waals surface area (Å²) in [4.78, 5) is 0. The number of hydrogen-bond donors (Lipinski definition) is 1. The molecule has 0 fully saturated rings. The molecule has 0 aromatic heterocycles. The number of likely N-dealkylation sites (N-methyl/N-ethyl adjacent to an activating group) is 1. The molecule has 0 saturated carbocycles. The summed E-state index contributed by atoms with van der Waals surface area (Å²) in [6.07, 6.45) is -1.92. The predicted octanol–water partition coefficient (Wildman–Crippen LogP) is 1.32. The van der Waals surface area contributed by atoms with Crippen molar-refractivity contribution in [2.45, 2.75) is 31.2 Å². The molecule has 0 aromatic rings. The molecule has 0 aliphatic carbocycles. The number of ether oxygens (including phenoxy) is 1. The first-order valence-corrected chi connectivity index (χ1v) is 7.73. The topological polar surface area (TPSA) is 55.4 Å². The third kappa shape index (κ3) is 9.17. The SMILES string of the molecule is CNC(CCCS(C)(=O)=O)COCC(F)(F)C(F)F. The van der Waals surface area contributed by atoms with Crippen LogP contribution in [0.15, 0.2) is 0 Å². The minimum atomic E-state index is -4.16. The van der Waals surface area contributed by atoms with Crippen molar-refractivity contribution in [2.75, 3.05) is 32.3 Å². The summed E-state index contributed by atoms with van der Waals surface area (Å²) in [5, 5.41) is 2.75. The highest BCUT2D eigenvalue weighted by molar-refractivity contribution is 7.90. The normalized spacial score (nSPS) is 14.9. The Morgan fingerprint density at radius 3 is 2.32 bits per heavy atom. The lowest BCUT2D eigenvalue weighted by molar-refractivity contribution is -0.167. The van der Waals surface area contributed by atoms with Crippen LogP contribution in [0.25, 0.3) is 0 Å². The van der Waals surface area contributed by atoms with Gasteiger partial charge in [0.05, 0.1) is 6.61 Å². The molecule has 1 N–H and O–H groups in total. The van der Waals surface area contributed by atoms with Crippen molar-refractivity contribution in [1.82, 2.24) is 5.32 Å². The molecule has 9 heteroatoms. The molecule has 0 aromatic carbocycles. The zero-order valence-corrected chi connectivity index (χ0v) is 11.7. The highest BCUT2D eigenvalue weighted by Crippen LogP contribution is 2.22. The highest BCUT2D eigenvalue weighted by atomic mass is 32.2. The van der Waals surface area contributed by atoms with Crippen LogP contribution in [0.2, 0.25) is 0 Å². The first kappa shape index (κ1) is 18.6. The molecule has 0 radical (unpaired) electrons. The van der Waals surface area contributed by atoms with Crippen LogP contribution < -0.4 is 5.32 Å². The van der Waals surface area contributed by atoms with E-state index < -0.39 is 28.8 Å². The first-order chi connectivity index (χ1) is 8.58. The summed E-state index contributed by atoms with van der Waals surface area (Å²) in [7, 11) is -1.52. The van der Waals surface area contributed by atoms with Crippen LogP contribution >= 0.6 is 0 Å². The Balaban J connectivity index is 3.95.